The fourth-order valence-electron chi connectivity index (χ4n) is 2.64. The van der Waals surface area contributed by atoms with Crippen molar-refractivity contribution in [2.75, 3.05) is 23.7 Å². The molecule has 2 heterocycles. The first kappa shape index (κ1) is 13.4. The molecular formula is C16H18BrN3. The van der Waals surface area contributed by atoms with Crippen LogP contribution in [0.1, 0.15) is 19.3 Å². The predicted octanol–water partition coefficient (Wildman–Crippen LogP) is 4.08. The van der Waals surface area contributed by atoms with Crippen LogP contribution in [-0.4, -0.2) is 18.1 Å². The molecule has 0 aliphatic carbocycles. The molecule has 2 N–H and O–H groups in total. The number of rotatable bonds is 2. The van der Waals surface area contributed by atoms with Crippen molar-refractivity contribution in [1.29, 1.82) is 0 Å². The number of hydrogen-bond acceptors (Lipinski definition) is 3. The summed E-state index contributed by atoms with van der Waals surface area (Å²) in [7, 11) is 0. The third-order valence-electron chi connectivity index (χ3n) is 3.69. The smallest absolute Gasteiger partial charge is 0.126 e. The molecule has 0 unspecified atom stereocenters. The van der Waals surface area contributed by atoms with Crippen LogP contribution >= 0.6 is 15.9 Å². The normalized spacial score (nSPS) is 15.3. The lowest BCUT2D eigenvalue weighted by Gasteiger charge is -2.29. The van der Waals surface area contributed by atoms with Crippen LogP contribution in [-0.2, 0) is 0 Å². The molecule has 3 rings (SSSR count). The lowest BCUT2D eigenvalue weighted by Crippen LogP contribution is -2.29. The van der Waals surface area contributed by atoms with E-state index in [0.717, 1.165) is 28.8 Å². The minimum Gasteiger partial charge on any atom is -0.384 e. The molecule has 20 heavy (non-hydrogen) atoms. The van der Waals surface area contributed by atoms with Gasteiger partial charge in [-0.05, 0) is 37.5 Å². The average Bonchev–Trinajstić information content (AvgIpc) is 2.48. The van der Waals surface area contributed by atoms with Gasteiger partial charge in [-0.25, -0.2) is 4.98 Å². The number of hydrogen-bond donors (Lipinski definition) is 1. The maximum absolute atomic E-state index is 5.99. The Morgan fingerprint density at radius 1 is 1.00 bits per heavy atom. The minimum atomic E-state index is 0.589. The minimum absolute atomic E-state index is 0.589. The second kappa shape index (κ2) is 5.83. The molecule has 1 fully saturated rings. The number of aromatic nitrogens is 1. The first-order chi connectivity index (χ1) is 9.72. The molecule has 0 saturated carbocycles. The van der Waals surface area contributed by atoms with Crippen molar-refractivity contribution in [3.8, 4) is 11.3 Å². The van der Waals surface area contributed by atoms with Gasteiger partial charge in [-0.15, -0.1) is 0 Å². The zero-order valence-electron chi connectivity index (χ0n) is 11.3. The number of benzene rings is 1. The van der Waals surface area contributed by atoms with Gasteiger partial charge in [0.2, 0.25) is 0 Å². The van der Waals surface area contributed by atoms with Crippen molar-refractivity contribution >= 4 is 27.4 Å². The van der Waals surface area contributed by atoms with Gasteiger partial charge < -0.3 is 10.6 Å². The van der Waals surface area contributed by atoms with Crippen LogP contribution in [0.4, 0.5) is 11.5 Å². The SMILES string of the molecule is Nc1cc(N2CCCCC2)cc(-c2ccc(Br)cc2)n1. The Hall–Kier alpha value is -1.55. The standard InChI is InChI=1S/C16H18BrN3/c17-13-6-4-12(5-7-13)15-10-14(11-16(18)19-15)20-8-2-1-3-9-20/h4-7,10-11H,1-3,8-9H2,(H2,18,19). The second-order valence-corrected chi connectivity index (χ2v) is 6.11. The number of anilines is 2. The van der Waals surface area contributed by atoms with Crippen LogP contribution in [0, 0.1) is 0 Å². The van der Waals surface area contributed by atoms with E-state index in [4.69, 9.17) is 5.73 Å². The van der Waals surface area contributed by atoms with E-state index in [1.165, 1.54) is 24.9 Å². The van der Waals surface area contributed by atoms with Gasteiger partial charge in [0.25, 0.3) is 0 Å². The molecule has 1 aliphatic heterocycles. The van der Waals surface area contributed by atoms with E-state index < -0.39 is 0 Å². The highest BCUT2D eigenvalue weighted by atomic mass is 79.9. The highest BCUT2D eigenvalue weighted by molar-refractivity contribution is 9.10. The highest BCUT2D eigenvalue weighted by Gasteiger charge is 2.13. The molecule has 0 radical (unpaired) electrons. The van der Waals surface area contributed by atoms with Gasteiger partial charge in [-0.2, -0.15) is 0 Å². The molecule has 4 heteroatoms. The van der Waals surface area contributed by atoms with E-state index in [-0.39, 0.29) is 0 Å². The summed E-state index contributed by atoms with van der Waals surface area (Å²) in [5.74, 6) is 0.589. The Balaban J connectivity index is 1.95. The summed E-state index contributed by atoms with van der Waals surface area (Å²) in [5.41, 5.74) is 9.21. The first-order valence-electron chi connectivity index (χ1n) is 7.01. The van der Waals surface area contributed by atoms with E-state index >= 15 is 0 Å². The van der Waals surface area contributed by atoms with Crippen molar-refractivity contribution < 1.29 is 0 Å². The van der Waals surface area contributed by atoms with Gasteiger partial charge in [0, 0.05) is 34.9 Å². The van der Waals surface area contributed by atoms with E-state index in [0.29, 0.717) is 5.82 Å². The van der Waals surface area contributed by atoms with Crippen molar-refractivity contribution in [2.24, 2.45) is 0 Å². The highest BCUT2D eigenvalue weighted by Crippen LogP contribution is 2.28. The Kier molecular flexibility index (Phi) is 3.92. The summed E-state index contributed by atoms with van der Waals surface area (Å²) in [4.78, 5) is 6.87. The Morgan fingerprint density at radius 2 is 1.70 bits per heavy atom. The van der Waals surface area contributed by atoms with Crippen molar-refractivity contribution in [2.45, 2.75) is 19.3 Å². The van der Waals surface area contributed by atoms with Crippen LogP contribution in [0.25, 0.3) is 11.3 Å². The second-order valence-electron chi connectivity index (χ2n) is 5.19. The molecule has 1 aromatic heterocycles. The molecule has 0 atom stereocenters. The molecule has 1 saturated heterocycles. The number of halogens is 1. The van der Waals surface area contributed by atoms with Gasteiger partial charge in [0.15, 0.2) is 0 Å². The lowest BCUT2D eigenvalue weighted by molar-refractivity contribution is 0.578. The predicted molar refractivity (Wildman–Crippen MR) is 87.8 cm³/mol. The molecule has 1 aromatic carbocycles. The van der Waals surface area contributed by atoms with Gasteiger partial charge in [-0.1, -0.05) is 28.1 Å². The topological polar surface area (TPSA) is 42.1 Å². The van der Waals surface area contributed by atoms with Crippen molar-refractivity contribution in [1.82, 2.24) is 4.98 Å². The molecule has 104 valence electrons. The number of nitrogens with two attached hydrogens (primary N) is 1. The zero-order chi connectivity index (χ0) is 13.9. The quantitative estimate of drug-likeness (QED) is 0.901. The summed E-state index contributed by atoms with van der Waals surface area (Å²) in [6.45, 7) is 2.23. The Labute approximate surface area is 127 Å². The summed E-state index contributed by atoms with van der Waals surface area (Å²) >= 11 is 3.46. The maximum atomic E-state index is 5.99. The Bertz CT molecular complexity index is 589. The molecule has 0 amide bonds. The van der Waals surface area contributed by atoms with Crippen LogP contribution < -0.4 is 10.6 Å². The maximum Gasteiger partial charge on any atom is 0.126 e. The van der Waals surface area contributed by atoms with Gasteiger partial charge >= 0.3 is 0 Å². The average molecular weight is 332 g/mol. The fraction of sp³-hybridized carbons (Fsp3) is 0.312. The molecule has 1 aliphatic rings. The van der Waals surface area contributed by atoms with Gasteiger partial charge in [0.1, 0.15) is 5.82 Å². The number of piperidine rings is 1. The number of nitrogens with zero attached hydrogens (tertiary/aromatic N) is 2. The number of pyridine rings is 1. The van der Waals surface area contributed by atoms with Crippen molar-refractivity contribution in [3.05, 3.63) is 40.9 Å². The van der Waals surface area contributed by atoms with Crippen LogP contribution in [0.3, 0.4) is 0 Å². The summed E-state index contributed by atoms with van der Waals surface area (Å²) in [5, 5.41) is 0. The largest absolute Gasteiger partial charge is 0.384 e. The fourth-order valence-corrected chi connectivity index (χ4v) is 2.90. The zero-order valence-corrected chi connectivity index (χ0v) is 12.9. The summed E-state index contributed by atoms with van der Waals surface area (Å²) in [6, 6.07) is 12.3. The number of nitrogen functional groups attached to an aromatic ring is 1. The lowest BCUT2D eigenvalue weighted by atomic mass is 10.1. The molecule has 0 spiro atoms. The van der Waals surface area contributed by atoms with E-state index in [9.17, 15) is 0 Å². The van der Waals surface area contributed by atoms with E-state index in [2.05, 4.69) is 44.0 Å². The third kappa shape index (κ3) is 2.96. The van der Waals surface area contributed by atoms with Crippen LogP contribution in [0.15, 0.2) is 40.9 Å². The monoisotopic (exact) mass is 331 g/mol. The Morgan fingerprint density at radius 3 is 2.40 bits per heavy atom. The third-order valence-corrected chi connectivity index (χ3v) is 4.22. The van der Waals surface area contributed by atoms with Gasteiger partial charge in [-0.3, -0.25) is 0 Å². The molecule has 0 bridgehead atoms. The van der Waals surface area contributed by atoms with Crippen LogP contribution in [0.2, 0.25) is 0 Å². The van der Waals surface area contributed by atoms with Gasteiger partial charge in [0.05, 0.1) is 5.69 Å². The van der Waals surface area contributed by atoms with Crippen LogP contribution in [0.5, 0.6) is 0 Å². The van der Waals surface area contributed by atoms with E-state index in [1.54, 1.807) is 0 Å². The molecule has 3 nitrogen and oxygen atoms in total. The molecular weight excluding hydrogens is 314 g/mol. The molecule has 2 aromatic rings. The summed E-state index contributed by atoms with van der Waals surface area (Å²) in [6.07, 6.45) is 3.85. The van der Waals surface area contributed by atoms with Crippen molar-refractivity contribution in [3.63, 3.8) is 0 Å². The summed E-state index contributed by atoms with van der Waals surface area (Å²) < 4.78 is 1.07. The van der Waals surface area contributed by atoms with E-state index in [1.807, 2.05) is 18.2 Å². The first-order valence-corrected chi connectivity index (χ1v) is 7.80.